The first kappa shape index (κ1) is 13.7. The molecule has 102 valence electrons. The molecule has 0 spiro atoms. The van der Waals surface area contributed by atoms with Crippen molar-refractivity contribution in [2.45, 2.75) is 13.8 Å². The molecule has 0 atom stereocenters. The van der Waals surface area contributed by atoms with Crippen molar-refractivity contribution < 1.29 is 4.92 Å². The van der Waals surface area contributed by atoms with E-state index in [-0.39, 0.29) is 5.69 Å². The van der Waals surface area contributed by atoms with Crippen LogP contribution in [0.2, 0.25) is 0 Å². The maximum absolute atomic E-state index is 11.0. The van der Waals surface area contributed by atoms with Crippen LogP contribution in [0.4, 0.5) is 11.4 Å². The molecule has 1 N–H and O–H groups in total. The lowest BCUT2D eigenvalue weighted by Gasteiger charge is -2.04. The molecule has 0 saturated carbocycles. The van der Waals surface area contributed by atoms with E-state index >= 15 is 0 Å². The van der Waals surface area contributed by atoms with Crippen molar-refractivity contribution in [2.75, 3.05) is 5.43 Å². The molecule has 0 radical (unpaired) electrons. The molecule has 0 saturated heterocycles. The Kier molecular flexibility index (Phi) is 4.10. The smallest absolute Gasteiger partial charge is 0.278 e. The van der Waals surface area contributed by atoms with Crippen LogP contribution in [0.3, 0.4) is 0 Å². The molecule has 0 heterocycles. The molecule has 0 aromatic heterocycles. The highest BCUT2D eigenvalue weighted by Crippen LogP contribution is 2.18. The lowest BCUT2D eigenvalue weighted by Crippen LogP contribution is -2.03. The van der Waals surface area contributed by atoms with Gasteiger partial charge < -0.3 is 0 Å². The largest absolute Gasteiger partial charge is 0.278 e. The van der Waals surface area contributed by atoms with Crippen LogP contribution in [0.1, 0.15) is 18.1 Å². The Morgan fingerprint density at radius 3 is 2.45 bits per heavy atom. The molecule has 5 nitrogen and oxygen atoms in total. The molecule has 0 unspecified atom stereocenters. The second-order valence-corrected chi connectivity index (χ2v) is 4.45. The van der Waals surface area contributed by atoms with E-state index in [1.54, 1.807) is 25.1 Å². The first-order chi connectivity index (χ1) is 9.58. The van der Waals surface area contributed by atoms with Gasteiger partial charge in [0.25, 0.3) is 5.69 Å². The van der Waals surface area contributed by atoms with Gasteiger partial charge in [-0.05, 0) is 32.0 Å². The van der Waals surface area contributed by atoms with Gasteiger partial charge in [0.15, 0.2) is 0 Å². The highest BCUT2D eigenvalue weighted by molar-refractivity contribution is 6.02. The van der Waals surface area contributed by atoms with E-state index < -0.39 is 4.92 Å². The molecule has 0 aliphatic heterocycles. The van der Waals surface area contributed by atoms with Crippen LogP contribution in [0.25, 0.3) is 0 Å². The molecular weight excluding hydrogens is 254 g/mol. The van der Waals surface area contributed by atoms with Gasteiger partial charge in [-0.2, -0.15) is 5.10 Å². The van der Waals surface area contributed by atoms with Crippen molar-refractivity contribution >= 4 is 17.1 Å². The number of nitro benzene ring substituents is 1. The minimum atomic E-state index is -0.403. The molecule has 20 heavy (non-hydrogen) atoms. The lowest BCUT2D eigenvalue weighted by atomic mass is 10.1. The number of hydrogen-bond acceptors (Lipinski definition) is 4. The van der Waals surface area contributed by atoms with Gasteiger partial charge in [0.1, 0.15) is 0 Å². The predicted octanol–water partition coefficient (Wildman–Crippen LogP) is 3.74. The standard InChI is InChI=1S/C15H15N3O2/c1-11-7-9-13(10-8-11)17-16-12(2)14-5-3-4-6-15(14)18(19)20/h3-10,17H,1-2H3/b16-12+. The maximum Gasteiger partial charge on any atom is 0.278 e. The second kappa shape index (κ2) is 5.97. The number of nitro groups is 1. The number of hydrogen-bond donors (Lipinski definition) is 1. The Balaban J connectivity index is 2.22. The molecular formula is C15H15N3O2. The third-order valence-electron chi connectivity index (χ3n) is 2.89. The van der Waals surface area contributed by atoms with Gasteiger partial charge in [0.05, 0.1) is 21.9 Å². The Morgan fingerprint density at radius 2 is 1.80 bits per heavy atom. The van der Waals surface area contributed by atoms with Gasteiger partial charge in [-0.15, -0.1) is 0 Å². The van der Waals surface area contributed by atoms with Crippen molar-refractivity contribution in [1.82, 2.24) is 0 Å². The summed E-state index contributed by atoms with van der Waals surface area (Å²) in [5.41, 5.74) is 6.04. The van der Waals surface area contributed by atoms with Crippen LogP contribution in [0.5, 0.6) is 0 Å². The normalized spacial score (nSPS) is 11.2. The Hall–Kier alpha value is -2.69. The molecule has 2 aromatic carbocycles. The van der Waals surface area contributed by atoms with Crippen LogP contribution in [-0.2, 0) is 0 Å². The van der Waals surface area contributed by atoms with Crippen molar-refractivity contribution in [3.8, 4) is 0 Å². The highest BCUT2D eigenvalue weighted by Gasteiger charge is 2.14. The number of aryl methyl sites for hydroxylation is 1. The van der Waals surface area contributed by atoms with Gasteiger partial charge >= 0.3 is 0 Å². The summed E-state index contributed by atoms with van der Waals surface area (Å²) in [6, 6.07) is 14.3. The SMILES string of the molecule is C/C(=N\Nc1ccc(C)cc1)c1ccccc1[N+](=O)[O-]. The van der Waals surface area contributed by atoms with Gasteiger partial charge in [-0.3, -0.25) is 15.5 Å². The van der Waals surface area contributed by atoms with E-state index in [1.807, 2.05) is 31.2 Å². The van der Waals surface area contributed by atoms with E-state index in [2.05, 4.69) is 10.5 Å². The van der Waals surface area contributed by atoms with Crippen molar-refractivity contribution in [3.63, 3.8) is 0 Å². The number of nitrogens with one attached hydrogen (secondary N) is 1. The average molecular weight is 269 g/mol. The Morgan fingerprint density at radius 1 is 1.15 bits per heavy atom. The van der Waals surface area contributed by atoms with Crippen molar-refractivity contribution in [2.24, 2.45) is 5.10 Å². The van der Waals surface area contributed by atoms with E-state index in [4.69, 9.17) is 0 Å². The topological polar surface area (TPSA) is 67.5 Å². The van der Waals surface area contributed by atoms with E-state index in [0.29, 0.717) is 11.3 Å². The maximum atomic E-state index is 11.0. The van der Waals surface area contributed by atoms with Gasteiger partial charge in [0, 0.05) is 6.07 Å². The number of nitrogens with zero attached hydrogens (tertiary/aromatic N) is 2. The number of hydrazone groups is 1. The zero-order valence-electron chi connectivity index (χ0n) is 11.3. The number of benzene rings is 2. The molecule has 0 bridgehead atoms. The molecule has 0 aliphatic rings. The van der Waals surface area contributed by atoms with Crippen LogP contribution in [0, 0.1) is 17.0 Å². The van der Waals surface area contributed by atoms with E-state index in [9.17, 15) is 10.1 Å². The van der Waals surface area contributed by atoms with Crippen molar-refractivity contribution in [3.05, 3.63) is 69.8 Å². The predicted molar refractivity (Wildman–Crippen MR) is 80.1 cm³/mol. The summed E-state index contributed by atoms with van der Waals surface area (Å²) in [6.45, 7) is 3.75. The van der Waals surface area contributed by atoms with E-state index in [0.717, 1.165) is 11.3 Å². The van der Waals surface area contributed by atoms with Crippen LogP contribution >= 0.6 is 0 Å². The monoisotopic (exact) mass is 269 g/mol. The van der Waals surface area contributed by atoms with Crippen LogP contribution < -0.4 is 5.43 Å². The third kappa shape index (κ3) is 3.20. The summed E-state index contributed by atoms with van der Waals surface area (Å²) < 4.78 is 0. The molecule has 0 aliphatic carbocycles. The summed E-state index contributed by atoms with van der Waals surface area (Å²) in [5.74, 6) is 0. The number of para-hydroxylation sites is 1. The van der Waals surface area contributed by atoms with E-state index in [1.165, 1.54) is 6.07 Å². The summed E-state index contributed by atoms with van der Waals surface area (Å²) in [7, 11) is 0. The minimum absolute atomic E-state index is 0.0551. The summed E-state index contributed by atoms with van der Waals surface area (Å²) in [5, 5.41) is 15.2. The summed E-state index contributed by atoms with van der Waals surface area (Å²) in [4.78, 5) is 10.6. The van der Waals surface area contributed by atoms with Gasteiger partial charge in [-0.25, -0.2) is 0 Å². The third-order valence-corrected chi connectivity index (χ3v) is 2.89. The molecule has 0 fully saturated rings. The molecule has 2 rings (SSSR count). The van der Waals surface area contributed by atoms with Crippen LogP contribution in [-0.4, -0.2) is 10.6 Å². The zero-order chi connectivity index (χ0) is 14.5. The summed E-state index contributed by atoms with van der Waals surface area (Å²) >= 11 is 0. The first-order valence-corrected chi connectivity index (χ1v) is 6.18. The minimum Gasteiger partial charge on any atom is -0.278 e. The Labute approximate surface area is 117 Å². The Bertz CT molecular complexity index is 648. The zero-order valence-corrected chi connectivity index (χ0v) is 11.3. The highest BCUT2D eigenvalue weighted by atomic mass is 16.6. The second-order valence-electron chi connectivity index (χ2n) is 4.45. The van der Waals surface area contributed by atoms with Gasteiger partial charge in [0.2, 0.25) is 0 Å². The number of rotatable bonds is 4. The molecule has 0 amide bonds. The lowest BCUT2D eigenvalue weighted by molar-refractivity contribution is -0.385. The molecule has 5 heteroatoms. The number of anilines is 1. The molecule has 2 aromatic rings. The van der Waals surface area contributed by atoms with Crippen molar-refractivity contribution in [1.29, 1.82) is 0 Å². The fourth-order valence-corrected chi connectivity index (χ4v) is 1.78. The summed E-state index contributed by atoms with van der Waals surface area (Å²) in [6.07, 6.45) is 0. The van der Waals surface area contributed by atoms with Gasteiger partial charge in [-0.1, -0.05) is 29.8 Å². The van der Waals surface area contributed by atoms with Crippen LogP contribution in [0.15, 0.2) is 53.6 Å². The fraction of sp³-hybridized carbons (Fsp3) is 0.133. The average Bonchev–Trinajstić information content (AvgIpc) is 2.46. The first-order valence-electron chi connectivity index (χ1n) is 6.18. The quantitative estimate of drug-likeness (QED) is 0.522. The fourth-order valence-electron chi connectivity index (χ4n) is 1.78.